The van der Waals surface area contributed by atoms with Gasteiger partial charge in [0.1, 0.15) is 11.5 Å². The molecule has 0 spiro atoms. The first-order valence-electron chi connectivity index (χ1n) is 10.2. The number of nitrogens with one attached hydrogen (secondary N) is 2. The van der Waals surface area contributed by atoms with Crippen molar-refractivity contribution >= 4 is 34.8 Å². The first-order chi connectivity index (χ1) is 15.3. The maximum Gasteiger partial charge on any atom is 0.291 e. The van der Waals surface area contributed by atoms with Crippen LogP contribution in [0.3, 0.4) is 0 Å². The monoisotopic (exact) mass is 451 g/mol. The lowest BCUT2D eigenvalue weighted by Gasteiger charge is -2.13. The summed E-state index contributed by atoms with van der Waals surface area (Å²) in [6.45, 7) is 3.70. The quantitative estimate of drug-likeness (QED) is 0.486. The number of halogens is 1. The second-order valence-electron chi connectivity index (χ2n) is 7.67. The smallest absolute Gasteiger partial charge is 0.291 e. The lowest BCUT2D eigenvalue weighted by Crippen LogP contribution is -2.22. The van der Waals surface area contributed by atoms with Gasteiger partial charge in [-0.15, -0.1) is 0 Å². The Hall–Kier alpha value is -3.58. The van der Waals surface area contributed by atoms with Gasteiger partial charge in [0.15, 0.2) is 5.76 Å². The van der Waals surface area contributed by atoms with Crippen LogP contribution < -0.4 is 10.7 Å². The minimum Gasteiger partial charge on any atom is -0.508 e. The third kappa shape index (κ3) is 4.38. The molecule has 3 N–H and O–H groups in total. The molecule has 1 aliphatic rings. The number of hydrogen-bond acceptors (Lipinski definition) is 5. The van der Waals surface area contributed by atoms with Gasteiger partial charge < -0.3 is 14.8 Å². The topological polar surface area (TPSA) is 104 Å². The van der Waals surface area contributed by atoms with Gasteiger partial charge in [-0.3, -0.25) is 9.59 Å². The highest BCUT2D eigenvalue weighted by molar-refractivity contribution is 6.31. The van der Waals surface area contributed by atoms with Crippen molar-refractivity contribution in [2.75, 3.05) is 5.32 Å². The van der Waals surface area contributed by atoms with E-state index in [0.29, 0.717) is 46.2 Å². The molecular formula is C24H22ClN3O4. The number of fused-ring (bicyclic) bond motifs is 1. The molecule has 1 aliphatic carbocycles. The van der Waals surface area contributed by atoms with E-state index in [9.17, 15) is 14.7 Å². The highest BCUT2D eigenvalue weighted by Gasteiger charge is 2.28. The number of rotatable bonds is 4. The van der Waals surface area contributed by atoms with Gasteiger partial charge in [0.25, 0.3) is 11.8 Å². The van der Waals surface area contributed by atoms with Crippen LogP contribution >= 0.6 is 11.6 Å². The van der Waals surface area contributed by atoms with Crippen LogP contribution in [-0.2, 0) is 6.42 Å². The van der Waals surface area contributed by atoms with Crippen LogP contribution in [-0.4, -0.2) is 22.6 Å². The number of anilines is 1. The van der Waals surface area contributed by atoms with Crippen LogP contribution in [0.2, 0.25) is 5.02 Å². The number of benzene rings is 2. The summed E-state index contributed by atoms with van der Waals surface area (Å²) in [6, 6.07) is 11.2. The van der Waals surface area contributed by atoms with E-state index < -0.39 is 0 Å². The maximum atomic E-state index is 12.9. The van der Waals surface area contributed by atoms with Crippen molar-refractivity contribution in [3.8, 4) is 5.75 Å². The number of phenols is 1. The van der Waals surface area contributed by atoms with Crippen LogP contribution in [0.4, 0.5) is 5.69 Å². The van der Waals surface area contributed by atoms with Crippen LogP contribution in [0.1, 0.15) is 56.2 Å². The van der Waals surface area contributed by atoms with E-state index in [0.717, 1.165) is 17.5 Å². The average Bonchev–Trinajstić information content (AvgIpc) is 3.12. The zero-order valence-electron chi connectivity index (χ0n) is 17.7. The molecule has 2 aromatic carbocycles. The molecule has 7 nitrogen and oxygen atoms in total. The van der Waals surface area contributed by atoms with Crippen molar-refractivity contribution < 1.29 is 19.1 Å². The Morgan fingerprint density at radius 3 is 2.53 bits per heavy atom. The molecule has 0 bridgehead atoms. The molecule has 0 fully saturated rings. The fraction of sp³-hybridized carbons (Fsp3) is 0.208. The Balaban J connectivity index is 1.56. The molecule has 164 valence electrons. The number of hydrogen-bond donors (Lipinski definition) is 3. The van der Waals surface area contributed by atoms with E-state index >= 15 is 0 Å². The van der Waals surface area contributed by atoms with Crippen molar-refractivity contribution in [3.05, 3.63) is 81.3 Å². The summed E-state index contributed by atoms with van der Waals surface area (Å²) < 4.78 is 5.89. The Bertz CT molecular complexity index is 1230. The molecule has 4 rings (SSSR count). The Morgan fingerprint density at radius 1 is 1.06 bits per heavy atom. The SMILES string of the molecule is Cc1ccc(NC(=O)c2oc3c(c2C)/C(=N/NC(=O)c2ccc(O)cc2)CCC3)cc1Cl. The van der Waals surface area contributed by atoms with E-state index in [4.69, 9.17) is 16.0 Å². The van der Waals surface area contributed by atoms with E-state index in [2.05, 4.69) is 15.8 Å². The van der Waals surface area contributed by atoms with Crippen LogP contribution in [0.15, 0.2) is 52.0 Å². The van der Waals surface area contributed by atoms with Crippen molar-refractivity contribution in [3.63, 3.8) is 0 Å². The van der Waals surface area contributed by atoms with Crippen molar-refractivity contribution in [1.29, 1.82) is 0 Å². The van der Waals surface area contributed by atoms with Crippen molar-refractivity contribution in [1.82, 2.24) is 5.43 Å². The van der Waals surface area contributed by atoms with Gasteiger partial charge in [0.2, 0.25) is 0 Å². The number of amides is 2. The lowest BCUT2D eigenvalue weighted by atomic mass is 9.93. The van der Waals surface area contributed by atoms with Gasteiger partial charge in [0, 0.05) is 33.8 Å². The summed E-state index contributed by atoms with van der Waals surface area (Å²) >= 11 is 6.15. The first-order valence-corrected chi connectivity index (χ1v) is 10.6. The molecule has 1 heterocycles. The summed E-state index contributed by atoms with van der Waals surface area (Å²) in [5.74, 6) is 0.214. The standard InChI is InChI=1S/C24H22ClN3O4/c1-13-6-9-16(12-18(13)25)26-24(31)22-14(2)21-19(4-3-5-20(21)32-22)27-28-23(30)15-7-10-17(29)11-8-15/h6-12,29H,3-5H2,1-2H3,(H,26,31)(H,28,30)/b27-19+. The molecule has 1 aromatic heterocycles. The second-order valence-corrected chi connectivity index (χ2v) is 8.08. The predicted octanol–water partition coefficient (Wildman–Crippen LogP) is 4.98. The van der Waals surface area contributed by atoms with Gasteiger partial charge >= 0.3 is 0 Å². The third-order valence-corrected chi connectivity index (χ3v) is 5.79. The van der Waals surface area contributed by atoms with E-state index in [-0.39, 0.29) is 23.3 Å². The van der Waals surface area contributed by atoms with Crippen LogP contribution in [0.25, 0.3) is 0 Å². The molecule has 0 atom stereocenters. The summed E-state index contributed by atoms with van der Waals surface area (Å²) in [5, 5.41) is 17.1. The molecule has 0 saturated carbocycles. The molecule has 0 radical (unpaired) electrons. The molecule has 2 amide bonds. The summed E-state index contributed by atoms with van der Waals surface area (Å²) in [5.41, 5.74) is 6.53. The number of aromatic hydroxyl groups is 1. The first kappa shape index (κ1) is 21.6. The third-order valence-electron chi connectivity index (χ3n) is 5.38. The molecule has 32 heavy (non-hydrogen) atoms. The van der Waals surface area contributed by atoms with Gasteiger partial charge in [0.05, 0.1) is 5.71 Å². The fourth-order valence-corrected chi connectivity index (χ4v) is 3.83. The maximum absolute atomic E-state index is 12.9. The normalized spacial score (nSPS) is 14.2. The molecular weight excluding hydrogens is 430 g/mol. The summed E-state index contributed by atoms with van der Waals surface area (Å²) in [4.78, 5) is 25.2. The summed E-state index contributed by atoms with van der Waals surface area (Å²) in [6.07, 6.45) is 2.13. The van der Waals surface area contributed by atoms with Gasteiger partial charge in [-0.1, -0.05) is 17.7 Å². The van der Waals surface area contributed by atoms with Gasteiger partial charge in [-0.05, 0) is 68.7 Å². The number of furan rings is 1. The number of carbonyl (C=O) groups is 2. The zero-order chi connectivity index (χ0) is 22.8. The highest BCUT2D eigenvalue weighted by atomic mass is 35.5. The second kappa shape index (κ2) is 8.88. The number of carbonyl (C=O) groups excluding carboxylic acids is 2. The predicted molar refractivity (Wildman–Crippen MR) is 123 cm³/mol. The summed E-state index contributed by atoms with van der Waals surface area (Å²) in [7, 11) is 0. The van der Waals surface area contributed by atoms with Gasteiger partial charge in [-0.2, -0.15) is 5.10 Å². The largest absolute Gasteiger partial charge is 0.508 e. The lowest BCUT2D eigenvalue weighted by molar-refractivity contribution is 0.0953. The minimum atomic E-state index is -0.389. The number of hydrazone groups is 1. The average molecular weight is 452 g/mol. The number of phenolic OH excluding ortho intramolecular Hbond substituents is 1. The van der Waals surface area contributed by atoms with Crippen LogP contribution in [0, 0.1) is 13.8 Å². The zero-order valence-corrected chi connectivity index (χ0v) is 18.4. The van der Waals surface area contributed by atoms with Crippen molar-refractivity contribution in [2.45, 2.75) is 33.1 Å². The van der Waals surface area contributed by atoms with E-state index in [1.807, 2.05) is 19.9 Å². The van der Waals surface area contributed by atoms with Gasteiger partial charge in [-0.25, -0.2) is 5.43 Å². The Labute approximate surface area is 190 Å². The molecule has 0 saturated heterocycles. The molecule has 3 aromatic rings. The molecule has 0 unspecified atom stereocenters. The van der Waals surface area contributed by atoms with Crippen molar-refractivity contribution in [2.24, 2.45) is 5.10 Å². The molecule has 8 heteroatoms. The number of nitrogens with zero attached hydrogens (tertiary/aromatic N) is 1. The van der Waals surface area contributed by atoms with Crippen LogP contribution in [0.5, 0.6) is 5.75 Å². The Kier molecular flexibility index (Phi) is 6.01. The minimum absolute atomic E-state index is 0.0810. The molecule has 0 aliphatic heterocycles. The van der Waals surface area contributed by atoms with E-state index in [1.165, 1.54) is 24.3 Å². The van der Waals surface area contributed by atoms with E-state index in [1.54, 1.807) is 12.1 Å². The Morgan fingerprint density at radius 2 is 1.81 bits per heavy atom. The fourth-order valence-electron chi connectivity index (χ4n) is 3.65. The number of aryl methyl sites for hydroxylation is 2. The highest BCUT2D eigenvalue weighted by Crippen LogP contribution is 2.30.